The van der Waals surface area contributed by atoms with Gasteiger partial charge in [0, 0.05) is 0 Å². The largest absolute Gasteiger partial charge is 0.481 e. The van der Waals surface area contributed by atoms with Crippen molar-refractivity contribution in [1.29, 1.82) is 0 Å². The number of carboxylic acid groups (broad SMARTS) is 1. The minimum atomic E-state index is -0.940. The first-order valence-electron chi connectivity index (χ1n) is 7.17. The lowest BCUT2D eigenvalue weighted by Gasteiger charge is -2.18. The van der Waals surface area contributed by atoms with Gasteiger partial charge in [0.2, 0.25) is 5.91 Å². The molecule has 2 aromatic rings. The van der Waals surface area contributed by atoms with Crippen LogP contribution in [0.25, 0.3) is 0 Å². The second kappa shape index (κ2) is 7.41. The molecule has 0 spiro atoms. The van der Waals surface area contributed by atoms with Crippen LogP contribution in [0.15, 0.2) is 54.6 Å². The van der Waals surface area contributed by atoms with E-state index >= 15 is 0 Å². The quantitative estimate of drug-likeness (QED) is 0.861. The molecule has 4 nitrogen and oxygen atoms in total. The Balaban J connectivity index is 2.08. The minimum Gasteiger partial charge on any atom is -0.481 e. The minimum absolute atomic E-state index is 0.135. The van der Waals surface area contributed by atoms with E-state index in [0.717, 1.165) is 16.7 Å². The lowest BCUT2D eigenvalue weighted by Crippen LogP contribution is -2.31. The van der Waals surface area contributed by atoms with Crippen molar-refractivity contribution < 1.29 is 14.7 Å². The van der Waals surface area contributed by atoms with E-state index in [1.54, 1.807) is 0 Å². The maximum atomic E-state index is 12.2. The van der Waals surface area contributed by atoms with Crippen molar-refractivity contribution >= 4 is 11.9 Å². The molecular weight excluding hydrogens is 278 g/mol. The van der Waals surface area contributed by atoms with E-state index in [1.807, 2.05) is 61.5 Å². The summed E-state index contributed by atoms with van der Waals surface area (Å²) in [6, 6.07) is 16.3. The molecule has 0 saturated carbocycles. The molecule has 0 bridgehead atoms. The normalized spacial score (nSPS) is 11.7. The molecule has 114 valence electrons. The first-order chi connectivity index (χ1) is 10.6. The summed E-state index contributed by atoms with van der Waals surface area (Å²) >= 11 is 0. The first kappa shape index (κ1) is 15.8. The second-order valence-electron chi connectivity index (χ2n) is 5.23. The average molecular weight is 297 g/mol. The van der Waals surface area contributed by atoms with E-state index in [-0.39, 0.29) is 18.7 Å². The van der Waals surface area contributed by atoms with Crippen LogP contribution in [0, 0.1) is 6.92 Å². The van der Waals surface area contributed by atoms with Crippen LogP contribution in [0.5, 0.6) is 0 Å². The molecule has 4 heteroatoms. The molecule has 0 aliphatic rings. The summed E-state index contributed by atoms with van der Waals surface area (Å²) in [7, 11) is 0. The molecule has 1 unspecified atom stereocenters. The Bertz CT molecular complexity index is 652. The van der Waals surface area contributed by atoms with Crippen molar-refractivity contribution in [3.63, 3.8) is 0 Å². The summed E-state index contributed by atoms with van der Waals surface area (Å²) in [6.45, 7) is 1.95. The lowest BCUT2D eigenvalue weighted by molar-refractivity contribution is -0.137. The zero-order valence-electron chi connectivity index (χ0n) is 12.5. The predicted molar refractivity (Wildman–Crippen MR) is 84.5 cm³/mol. The van der Waals surface area contributed by atoms with Crippen LogP contribution < -0.4 is 5.32 Å². The van der Waals surface area contributed by atoms with Gasteiger partial charge >= 0.3 is 5.97 Å². The number of aliphatic carboxylic acids is 1. The molecule has 0 heterocycles. The van der Waals surface area contributed by atoms with Crippen LogP contribution in [0.3, 0.4) is 0 Å². The van der Waals surface area contributed by atoms with Crippen LogP contribution >= 0.6 is 0 Å². The Morgan fingerprint density at radius 1 is 1.05 bits per heavy atom. The maximum absolute atomic E-state index is 12.2. The van der Waals surface area contributed by atoms with Gasteiger partial charge in [-0.3, -0.25) is 9.59 Å². The molecule has 2 N–H and O–H groups in total. The highest BCUT2D eigenvalue weighted by molar-refractivity contribution is 5.80. The number of carbonyl (C=O) groups is 2. The maximum Gasteiger partial charge on any atom is 0.305 e. The van der Waals surface area contributed by atoms with Gasteiger partial charge in [0.25, 0.3) is 0 Å². The fourth-order valence-corrected chi connectivity index (χ4v) is 2.34. The van der Waals surface area contributed by atoms with E-state index < -0.39 is 12.0 Å². The molecule has 0 fully saturated rings. The molecule has 2 aromatic carbocycles. The smallest absolute Gasteiger partial charge is 0.305 e. The van der Waals surface area contributed by atoms with Crippen LogP contribution in [-0.2, 0) is 16.0 Å². The van der Waals surface area contributed by atoms with Crippen molar-refractivity contribution in [2.24, 2.45) is 0 Å². The summed E-state index contributed by atoms with van der Waals surface area (Å²) in [4.78, 5) is 23.3. The second-order valence-corrected chi connectivity index (χ2v) is 5.23. The van der Waals surface area contributed by atoms with Gasteiger partial charge in [-0.2, -0.15) is 0 Å². The number of carboxylic acids is 1. The van der Waals surface area contributed by atoms with Gasteiger partial charge < -0.3 is 10.4 Å². The van der Waals surface area contributed by atoms with Crippen molar-refractivity contribution in [3.8, 4) is 0 Å². The summed E-state index contributed by atoms with van der Waals surface area (Å²) in [5.74, 6) is -1.12. The highest BCUT2D eigenvalue weighted by atomic mass is 16.4. The Labute approximate surface area is 129 Å². The SMILES string of the molecule is Cc1ccccc1CC(=O)NC(CC(=O)O)c1ccccc1. The molecular formula is C18H19NO3. The standard InChI is InChI=1S/C18H19NO3/c1-13-7-5-6-10-15(13)11-17(20)19-16(12-18(21)22)14-8-3-2-4-9-14/h2-10,16H,11-12H2,1H3,(H,19,20)(H,21,22). The molecule has 0 aromatic heterocycles. The topological polar surface area (TPSA) is 66.4 Å². The third-order valence-corrected chi connectivity index (χ3v) is 3.53. The van der Waals surface area contributed by atoms with E-state index in [4.69, 9.17) is 5.11 Å². The Morgan fingerprint density at radius 3 is 2.32 bits per heavy atom. The Hall–Kier alpha value is -2.62. The first-order valence-corrected chi connectivity index (χ1v) is 7.17. The molecule has 0 radical (unpaired) electrons. The zero-order valence-corrected chi connectivity index (χ0v) is 12.5. The Kier molecular flexibility index (Phi) is 5.31. The van der Waals surface area contributed by atoms with Crippen molar-refractivity contribution in [3.05, 3.63) is 71.3 Å². The van der Waals surface area contributed by atoms with Crippen molar-refractivity contribution in [1.82, 2.24) is 5.32 Å². The van der Waals surface area contributed by atoms with E-state index in [9.17, 15) is 9.59 Å². The molecule has 1 atom stereocenters. The summed E-state index contributed by atoms with van der Waals surface area (Å²) in [5, 5.41) is 11.9. The molecule has 22 heavy (non-hydrogen) atoms. The lowest BCUT2D eigenvalue weighted by atomic mass is 10.0. The van der Waals surface area contributed by atoms with Crippen LogP contribution in [0.1, 0.15) is 29.2 Å². The third kappa shape index (κ3) is 4.45. The van der Waals surface area contributed by atoms with Gasteiger partial charge in [0.15, 0.2) is 0 Å². The van der Waals surface area contributed by atoms with Crippen LogP contribution in [0.4, 0.5) is 0 Å². The average Bonchev–Trinajstić information content (AvgIpc) is 2.49. The number of amides is 1. The molecule has 0 saturated heterocycles. The number of hydrogen-bond donors (Lipinski definition) is 2. The molecule has 2 rings (SSSR count). The number of carbonyl (C=O) groups excluding carboxylic acids is 1. The number of hydrogen-bond acceptors (Lipinski definition) is 2. The predicted octanol–water partition coefficient (Wildman–Crippen LogP) is 2.87. The number of aryl methyl sites for hydroxylation is 1. The summed E-state index contributed by atoms with van der Waals surface area (Å²) in [5.41, 5.74) is 2.79. The Morgan fingerprint density at radius 2 is 1.68 bits per heavy atom. The fourth-order valence-electron chi connectivity index (χ4n) is 2.34. The third-order valence-electron chi connectivity index (χ3n) is 3.53. The van der Waals surface area contributed by atoms with Gasteiger partial charge in [0.05, 0.1) is 18.9 Å². The molecule has 0 aliphatic carbocycles. The fraction of sp³-hybridized carbons (Fsp3) is 0.222. The highest BCUT2D eigenvalue weighted by Gasteiger charge is 2.18. The van der Waals surface area contributed by atoms with E-state index in [0.29, 0.717) is 0 Å². The zero-order chi connectivity index (χ0) is 15.9. The number of nitrogens with one attached hydrogen (secondary N) is 1. The van der Waals surface area contributed by atoms with Gasteiger partial charge in [-0.05, 0) is 23.6 Å². The molecule has 0 aliphatic heterocycles. The summed E-state index contributed by atoms with van der Waals surface area (Å²) in [6.07, 6.45) is 0.110. The van der Waals surface area contributed by atoms with E-state index in [2.05, 4.69) is 5.32 Å². The van der Waals surface area contributed by atoms with Gasteiger partial charge in [0.1, 0.15) is 0 Å². The van der Waals surface area contributed by atoms with Crippen LogP contribution in [-0.4, -0.2) is 17.0 Å². The van der Waals surface area contributed by atoms with Crippen molar-refractivity contribution in [2.75, 3.05) is 0 Å². The van der Waals surface area contributed by atoms with E-state index in [1.165, 1.54) is 0 Å². The van der Waals surface area contributed by atoms with Crippen LogP contribution in [0.2, 0.25) is 0 Å². The molecule has 1 amide bonds. The van der Waals surface area contributed by atoms with Gasteiger partial charge in [-0.1, -0.05) is 54.6 Å². The highest BCUT2D eigenvalue weighted by Crippen LogP contribution is 2.17. The number of benzene rings is 2. The van der Waals surface area contributed by atoms with Gasteiger partial charge in [-0.15, -0.1) is 0 Å². The monoisotopic (exact) mass is 297 g/mol. The van der Waals surface area contributed by atoms with Gasteiger partial charge in [-0.25, -0.2) is 0 Å². The van der Waals surface area contributed by atoms with Crippen molar-refractivity contribution in [2.45, 2.75) is 25.8 Å². The number of rotatable bonds is 6. The summed E-state index contributed by atoms with van der Waals surface area (Å²) < 4.78 is 0.